The van der Waals surface area contributed by atoms with E-state index in [0.29, 0.717) is 37.7 Å². The molecule has 2 N–H and O–H groups in total. The van der Waals surface area contributed by atoms with Gasteiger partial charge in [0.1, 0.15) is 17.0 Å². The van der Waals surface area contributed by atoms with Gasteiger partial charge in [0.05, 0.1) is 24.6 Å². The largest absolute Gasteiger partial charge is 0.454 e. The maximum Gasteiger partial charge on any atom is 0.284 e. The third-order valence-electron chi connectivity index (χ3n) is 6.98. The molecule has 1 saturated heterocycles. The second kappa shape index (κ2) is 12.8. The molecule has 0 radical (unpaired) electrons. The maximum absolute atomic E-state index is 15.0. The highest BCUT2D eigenvalue weighted by Gasteiger charge is 2.23. The first-order valence-electron chi connectivity index (χ1n) is 13.5. The third kappa shape index (κ3) is 6.40. The smallest absolute Gasteiger partial charge is 0.284 e. The van der Waals surface area contributed by atoms with Crippen molar-refractivity contribution in [3.8, 4) is 17.2 Å². The van der Waals surface area contributed by atoms with Crippen LogP contribution in [0.2, 0.25) is 0 Å². The van der Waals surface area contributed by atoms with E-state index in [1.807, 2.05) is 6.07 Å². The number of morpholine rings is 1. The van der Waals surface area contributed by atoms with E-state index in [1.165, 1.54) is 35.1 Å². The first kappa shape index (κ1) is 28.7. The Morgan fingerprint density at radius 3 is 2.55 bits per heavy atom. The number of pyridine rings is 1. The molecule has 3 heterocycles. The normalized spacial score (nSPS) is 13.5. The molecular formula is C30H31FN6O5. The average molecular weight is 575 g/mol. The fraction of sp³-hybridized carbons (Fsp3) is 0.267. The molecule has 42 heavy (non-hydrogen) atoms. The van der Waals surface area contributed by atoms with Crippen molar-refractivity contribution >= 4 is 17.5 Å². The minimum atomic E-state index is -0.743. The van der Waals surface area contributed by atoms with E-state index in [2.05, 4.69) is 20.5 Å². The summed E-state index contributed by atoms with van der Waals surface area (Å²) >= 11 is 0. The minimum Gasteiger partial charge on any atom is -0.454 e. The van der Waals surface area contributed by atoms with E-state index in [4.69, 9.17) is 9.47 Å². The molecule has 2 amide bonds. The molecule has 12 heteroatoms. The Labute approximate surface area is 241 Å². The van der Waals surface area contributed by atoms with Crippen LogP contribution in [0.15, 0.2) is 71.7 Å². The number of carbonyl (C=O) groups is 2. The van der Waals surface area contributed by atoms with E-state index in [0.717, 1.165) is 19.2 Å². The van der Waals surface area contributed by atoms with Crippen molar-refractivity contribution in [2.75, 3.05) is 44.7 Å². The minimum absolute atomic E-state index is 0.0466. The van der Waals surface area contributed by atoms with E-state index >= 15 is 0 Å². The molecule has 0 atom stereocenters. The molecule has 4 aromatic rings. The number of hydrogen-bond donors (Lipinski definition) is 2. The number of anilines is 1. The van der Waals surface area contributed by atoms with Gasteiger partial charge in [-0.15, -0.1) is 0 Å². The van der Waals surface area contributed by atoms with Crippen molar-refractivity contribution in [1.29, 1.82) is 0 Å². The quantitative estimate of drug-likeness (QED) is 0.315. The first-order valence-corrected chi connectivity index (χ1v) is 13.5. The van der Waals surface area contributed by atoms with Gasteiger partial charge >= 0.3 is 0 Å². The van der Waals surface area contributed by atoms with Gasteiger partial charge in [-0.05, 0) is 37.3 Å². The summed E-state index contributed by atoms with van der Waals surface area (Å²) in [6.07, 6.45) is 1.41. The molecule has 0 aliphatic carbocycles. The summed E-state index contributed by atoms with van der Waals surface area (Å²) in [5, 5.41) is 5.43. The summed E-state index contributed by atoms with van der Waals surface area (Å²) in [6, 6.07) is 15.8. The van der Waals surface area contributed by atoms with Crippen LogP contribution >= 0.6 is 0 Å². The van der Waals surface area contributed by atoms with Gasteiger partial charge in [-0.1, -0.05) is 18.2 Å². The maximum atomic E-state index is 15.0. The van der Waals surface area contributed by atoms with Crippen molar-refractivity contribution in [2.24, 2.45) is 7.05 Å². The van der Waals surface area contributed by atoms with Crippen LogP contribution in [0, 0.1) is 12.7 Å². The lowest BCUT2D eigenvalue weighted by Crippen LogP contribution is -2.41. The van der Waals surface area contributed by atoms with Gasteiger partial charge in [-0.2, -0.15) is 0 Å². The molecule has 5 rings (SSSR count). The lowest BCUT2D eigenvalue weighted by atomic mass is 10.2. The summed E-state index contributed by atoms with van der Waals surface area (Å²) in [5.41, 5.74) is 0.823. The Hall–Kier alpha value is -4.81. The molecular weight excluding hydrogens is 543 g/mol. The van der Waals surface area contributed by atoms with Crippen LogP contribution in [-0.2, 0) is 11.8 Å². The molecule has 1 aliphatic heterocycles. The fourth-order valence-electron chi connectivity index (χ4n) is 4.65. The lowest BCUT2D eigenvalue weighted by Gasteiger charge is -2.26. The predicted molar refractivity (Wildman–Crippen MR) is 154 cm³/mol. The first-order chi connectivity index (χ1) is 20.3. The van der Waals surface area contributed by atoms with Gasteiger partial charge in [-0.25, -0.2) is 9.07 Å². The lowest BCUT2D eigenvalue weighted by molar-refractivity contribution is 0.0383. The number of aromatic nitrogens is 3. The van der Waals surface area contributed by atoms with Crippen LogP contribution < -0.4 is 20.9 Å². The molecule has 2 aromatic heterocycles. The highest BCUT2D eigenvalue weighted by Crippen LogP contribution is 2.27. The summed E-state index contributed by atoms with van der Waals surface area (Å²) in [4.78, 5) is 45.0. The van der Waals surface area contributed by atoms with Gasteiger partial charge in [0.2, 0.25) is 0 Å². The SMILES string of the molecule is Cc1c(C(=O)Nc2ccc(Oc3ccnc(C(=O)NCCN4CCOCC4)c3)c(F)c2)c(=O)n(-c2ccccc2)n1C. The molecule has 0 bridgehead atoms. The fourth-order valence-corrected chi connectivity index (χ4v) is 4.65. The van der Waals surface area contributed by atoms with Gasteiger partial charge in [-0.3, -0.25) is 28.9 Å². The van der Waals surface area contributed by atoms with Gasteiger partial charge in [0.15, 0.2) is 11.6 Å². The second-order valence-corrected chi connectivity index (χ2v) is 9.72. The average Bonchev–Trinajstić information content (AvgIpc) is 3.22. The molecule has 1 fully saturated rings. The Morgan fingerprint density at radius 2 is 1.81 bits per heavy atom. The van der Waals surface area contributed by atoms with E-state index < -0.39 is 17.3 Å². The summed E-state index contributed by atoms with van der Waals surface area (Å²) in [5.74, 6) is -1.66. The number of carbonyl (C=O) groups excluding carboxylic acids is 2. The Balaban J connectivity index is 1.23. The van der Waals surface area contributed by atoms with Crippen molar-refractivity contribution in [1.82, 2.24) is 24.6 Å². The molecule has 218 valence electrons. The zero-order valence-corrected chi connectivity index (χ0v) is 23.3. The highest BCUT2D eigenvalue weighted by atomic mass is 19.1. The molecule has 2 aromatic carbocycles. The van der Waals surface area contributed by atoms with Crippen molar-refractivity contribution in [3.05, 3.63) is 100.0 Å². The molecule has 11 nitrogen and oxygen atoms in total. The molecule has 0 spiro atoms. The molecule has 1 aliphatic rings. The number of nitrogens with zero attached hydrogens (tertiary/aromatic N) is 4. The predicted octanol–water partition coefficient (Wildman–Crippen LogP) is 3.13. The third-order valence-corrected chi connectivity index (χ3v) is 6.98. The topological polar surface area (TPSA) is 120 Å². The van der Waals surface area contributed by atoms with E-state index in [-0.39, 0.29) is 34.4 Å². The van der Waals surface area contributed by atoms with Gasteiger partial charge < -0.3 is 20.1 Å². The number of benzene rings is 2. The number of rotatable bonds is 9. The Morgan fingerprint density at radius 1 is 1.05 bits per heavy atom. The van der Waals surface area contributed by atoms with Crippen molar-refractivity contribution < 1.29 is 23.5 Å². The molecule has 0 unspecified atom stereocenters. The standard InChI is InChI=1S/C30H31FN6O5/c1-20-27(30(40)37(35(20)2)22-6-4-3-5-7-22)29(39)34-21-8-9-26(24(31)18-21)42-23-10-11-32-25(19-23)28(38)33-12-13-36-14-16-41-17-15-36/h3-11,18-19H,12-17H2,1-2H3,(H,33,38)(H,34,39). The number of halogens is 1. The number of para-hydroxylation sites is 1. The van der Waals surface area contributed by atoms with Crippen LogP contribution in [0.25, 0.3) is 5.69 Å². The number of ether oxygens (including phenoxy) is 2. The van der Waals surface area contributed by atoms with E-state index in [9.17, 15) is 18.8 Å². The Bertz CT molecular complexity index is 1650. The highest BCUT2D eigenvalue weighted by molar-refractivity contribution is 6.05. The van der Waals surface area contributed by atoms with Crippen LogP contribution in [0.3, 0.4) is 0 Å². The van der Waals surface area contributed by atoms with Crippen LogP contribution in [0.4, 0.5) is 10.1 Å². The summed E-state index contributed by atoms with van der Waals surface area (Å²) in [6.45, 7) is 5.84. The summed E-state index contributed by atoms with van der Waals surface area (Å²) in [7, 11) is 1.69. The van der Waals surface area contributed by atoms with Gasteiger partial charge in [0.25, 0.3) is 17.4 Å². The second-order valence-electron chi connectivity index (χ2n) is 9.72. The van der Waals surface area contributed by atoms with Crippen LogP contribution in [0.1, 0.15) is 26.5 Å². The number of amides is 2. The number of nitrogens with one attached hydrogen (secondary N) is 2. The van der Waals surface area contributed by atoms with Crippen molar-refractivity contribution in [3.63, 3.8) is 0 Å². The van der Waals surface area contributed by atoms with Crippen LogP contribution in [-0.4, -0.2) is 70.5 Å². The van der Waals surface area contributed by atoms with Gasteiger partial charge in [0, 0.05) is 57.2 Å². The Kier molecular flexibility index (Phi) is 8.74. The van der Waals surface area contributed by atoms with Crippen molar-refractivity contribution in [2.45, 2.75) is 6.92 Å². The summed E-state index contributed by atoms with van der Waals surface area (Å²) < 4.78 is 29.0. The van der Waals surface area contributed by atoms with E-state index in [1.54, 1.807) is 42.9 Å². The zero-order valence-electron chi connectivity index (χ0n) is 23.3. The van der Waals surface area contributed by atoms with Crippen LogP contribution in [0.5, 0.6) is 11.5 Å². The monoisotopic (exact) mass is 574 g/mol. The molecule has 0 saturated carbocycles. The zero-order chi connectivity index (χ0) is 29.6. The number of hydrogen-bond acceptors (Lipinski definition) is 7.